The van der Waals surface area contributed by atoms with Crippen molar-refractivity contribution in [3.8, 4) is 17.2 Å². The number of nitroso groups, excluding NO2 is 1. The molecule has 7 rings (SSSR count). The maximum Gasteiger partial charge on any atom is 0.302 e. The number of anilines is 2. The number of aliphatic hydroxyl groups excluding tert-OH is 2. The minimum atomic E-state index is -1.92. The van der Waals surface area contributed by atoms with Crippen molar-refractivity contribution in [3.63, 3.8) is 0 Å². The molecule has 348 valence electrons. The third-order valence-electron chi connectivity index (χ3n) is 13.1. The summed E-state index contributed by atoms with van der Waals surface area (Å²) in [7, 11) is 1.44. The topological polar surface area (TPSA) is 249 Å². The van der Waals surface area contributed by atoms with Crippen LogP contribution in [0.25, 0.3) is 33.0 Å². The fourth-order valence-corrected chi connectivity index (χ4v) is 9.18. The number of rotatable bonds is 4. The first-order chi connectivity index (χ1) is 30.8. The summed E-state index contributed by atoms with van der Waals surface area (Å²) in [6.07, 6.45) is 3.51. The van der Waals surface area contributed by atoms with Crippen molar-refractivity contribution in [2.75, 3.05) is 43.6 Å². The first-order valence-corrected chi connectivity index (χ1v) is 21.6. The minimum Gasteiger partial charge on any atom is -0.505 e. The zero-order valence-corrected chi connectivity index (χ0v) is 37.8. The molecule has 3 aliphatic rings. The molecule has 0 radical (unpaired) electrons. The van der Waals surface area contributed by atoms with Crippen LogP contribution in [0.5, 0.6) is 17.2 Å². The fraction of sp³-hybridized carbons (Fsp3) is 0.489. The van der Waals surface area contributed by atoms with E-state index in [0.29, 0.717) is 32.0 Å². The third kappa shape index (κ3) is 8.51. The third-order valence-corrected chi connectivity index (χ3v) is 13.1. The van der Waals surface area contributed by atoms with Crippen LogP contribution in [0.2, 0.25) is 0 Å². The van der Waals surface area contributed by atoms with Gasteiger partial charge >= 0.3 is 5.97 Å². The van der Waals surface area contributed by atoms with Crippen LogP contribution >= 0.6 is 0 Å². The van der Waals surface area contributed by atoms with E-state index in [2.05, 4.69) is 10.5 Å². The number of phenolic OH excluding ortho intramolecular Hbond substituents is 2. The number of nitrogens with zero attached hydrogens (tertiary/aromatic N) is 3. The number of esters is 1. The number of carbonyl (C=O) groups is 2. The van der Waals surface area contributed by atoms with Crippen molar-refractivity contribution >= 4 is 56.2 Å². The number of phenols is 2. The van der Waals surface area contributed by atoms with Crippen molar-refractivity contribution in [2.24, 2.45) is 28.8 Å². The largest absolute Gasteiger partial charge is 0.505 e. The van der Waals surface area contributed by atoms with Crippen LogP contribution in [0.4, 0.5) is 11.4 Å². The SMILES string of the molecule is CO[C@H]1C=CO[C@@]2(C)Oc3c(C)c(=O)c4c(O)c(c5oc6cc(N7CCOCC7)cc(O)c6nc5c4c3C2N=O)NC(=O)C(C)=CC=C[C@H](C)[C@H](O)[C@@H](C)[C@@H](O)[C@@H](C)[C@H](OC(C)=O)[C@@H]1C. The molecule has 1 saturated heterocycles. The van der Waals surface area contributed by atoms with Gasteiger partial charge in [-0.15, -0.1) is 4.91 Å². The first-order valence-electron chi connectivity index (χ1n) is 21.6. The lowest BCUT2D eigenvalue weighted by Gasteiger charge is -2.38. The summed E-state index contributed by atoms with van der Waals surface area (Å²) in [5.74, 6) is -6.82. The molecule has 1 aromatic heterocycles. The molecule has 4 aromatic rings. The highest BCUT2D eigenvalue weighted by molar-refractivity contribution is 6.20. The van der Waals surface area contributed by atoms with E-state index in [1.807, 2.05) is 4.90 Å². The average Bonchev–Trinajstić information content (AvgIpc) is 3.59. The standard InChI is InChI=1S/C47H56N4O14/c1-21-11-10-12-22(2)46(58)49-37-41(57)33-32(36-44(37)64-31-20-28(19-29(53)35(31)48-36)51-14-17-61-18-15-51)34-43(26(6)40(33)56)65-47(8,45(34)50-59)62-16-13-30(60-9)23(3)42(63-27(7)52)25(5)39(55)24(4)38(21)54/h10-13,16,19-21,23-25,30,38-39,42,45,53-55,57H,14-15,17-18H2,1-9H3,(H,49,58)/t21-,23+,24+,25+,30-,38-,39+,42+,45?,47-/m0/s1. The summed E-state index contributed by atoms with van der Waals surface area (Å²) in [5, 5.41) is 52.4. The van der Waals surface area contributed by atoms with Crippen molar-refractivity contribution in [1.82, 2.24) is 4.98 Å². The molecule has 3 aliphatic heterocycles. The highest BCUT2D eigenvalue weighted by Gasteiger charge is 2.52. The molecule has 3 aromatic carbocycles. The van der Waals surface area contributed by atoms with Gasteiger partial charge in [-0.2, -0.15) is 0 Å². The van der Waals surface area contributed by atoms with E-state index < -0.39 is 83.0 Å². The number of hydrogen-bond donors (Lipinski definition) is 5. The van der Waals surface area contributed by atoms with Gasteiger partial charge in [0.05, 0.1) is 43.2 Å². The van der Waals surface area contributed by atoms with E-state index in [9.17, 15) is 39.7 Å². The number of aromatic hydroxyl groups is 2. The highest BCUT2D eigenvalue weighted by Crippen LogP contribution is 2.54. The monoisotopic (exact) mass is 900 g/mol. The number of aromatic nitrogens is 1. The molecule has 4 bridgehead atoms. The van der Waals surface area contributed by atoms with Gasteiger partial charge in [0.2, 0.25) is 0 Å². The number of aliphatic hydroxyl groups is 2. The Hall–Kier alpha value is -6.08. The van der Waals surface area contributed by atoms with Gasteiger partial charge in [0.25, 0.3) is 11.7 Å². The Morgan fingerprint density at radius 2 is 1.69 bits per heavy atom. The molecule has 65 heavy (non-hydrogen) atoms. The summed E-state index contributed by atoms with van der Waals surface area (Å²) in [4.78, 5) is 60.8. The van der Waals surface area contributed by atoms with Gasteiger partial charge in [-0.3, -0.25) is 14.4 Å². The van der Waals surface area contributed by atoms with Crippen LogP contribution in [0, 0.1) is 35.5 Å². The molecule has 18 nitrogen and oxygen atoms in total. The van der Waals surface area contributed by atoms with E-state index in [1.54, 1.807) is 45.9 Å². The number of amides is 1. The maximum atomic E-state index is 14.5. The number of hydrogen-bond acceptors (Lipinski definition) is 17. The average molecular weight is 901 g/mol. The minimum absolute atomic E-state index is 0.0162. The van der Waals surface area contributed by atoms with Gasteiger partial charge in [0, 0.05) is 97.6 Å². The Balaban J connectivity index is 1.47. The van der Waals surface area contributed by atoms with Crippen molar-refractivity contribution in [2.45, 2.75) is 91.6 Å². The molecule has 5 N–H and O–H groups in total. The van der Waals surface area contributed by atoms with Gasteiger partial charge in [-0.25, -0.2) is 4.98 Å². The van der Waals surface area contributed by atoms with Crippen molar-refractivity contribution in [1.29, 1.82) is 0 Å². The molecule has 10 atom stereocenters. The molecule has 1 fully saturated rings. The second kappa shape index (κ2) is 18.4. The normalized spacial score (nSPS) is 29.2. The molecule has 0 saturated carbocycles. The van der Waals surface area contributed by atoms with Gasteiger partial charge in [-0.1, -0.05) is 51.1 Å². The highest BCUT2D eigenvalue weighted by atomic mass is 16.7. The van der Waals surface area contributed by atoms with Gasteiger partial charge in [-0.05, 0) is 19.9 Å². The zero-order chi connectivity index (χ0) is 47.2. The Bertz CT molecular complexity index is 2690. The molecule has 1 unspecified atom stereocenters. The molecular weight excluding hydrogens is 845 g/mol. The Kier molecular flexibility index (Phi) is 13.3. The van der Waals surface area contributed by atoms with Crippen molar-refractivity contribution < 1.29 is 58.1 Å². The fourth-order valence-electron chi connectivity index (χ4n) is 9.18. The number of ether oxygens (including phenoxy) is 5. The summed E-state index contributed by atoms with van der Waals surface area (Å²) in [6, 6.07) is 1.65. The Labute approximate surface area is 374 Å². The first kappa shape index (κ1) is 46.9. The van der Waals surface area contributed by atoms with E-state index in [1.165, 1.54) is 59.3 Å². The zero-order valence-electron chi connectivity index (χ0n) is 37.8. The number of fused-ring (bicyclic) bond motifs is 2. The summed E-state index contributed by atoms with van der Waals surface area (Å²) in [5.41, 5.74) is -0.550. The van der Waals surface area contributed by atoms with Gasteiger partial charge in [0.1, 0.15) is 34.3 Å². The predicted molar refractivity (Wildman–Crippen MR) is 241 cm³/mol. The van der Waals surface area contributed by atoms with Crippen LogP contribution in [0.3, 0.4) is 0 Å². The van der Waals surface area contributed by atoms with Crippen LogP contribution in [-0.4, -0.2) is 101 Å². The number of methoxy groups -OCH3 is 1. The summed E-state index contributed by atoms with van der Waals surface area (Å²) >= 11 is 0. The lowest BCUT2D eigenvalue weighted by atomic mass is 9.78. The van der Waals surface area contributed by atoms with E-state index in [4.69, 9.17) is 33.1 Å². The van der Waals surface area contributed by atoms with Crippen LogP contribution in [-0.2, 0) is 28.5 Å². The molecule has 18 heteroatoms. The number of morpholine rings is 1. The Morgan fingerprint density at radius 3 is 2.35 bits per heavy atom. The Morgan fingerprint density at radius 1 is 0.985 bits per heavy atom. The molecule has 1 amide bonds. The number of nitrogens with one attached hydrogen (secondary N) is 1. The number of carbonyl (C=O) groups excluding carboxylic acids is 2. The van der Waals surface area contributed by atoms with Crippen LogP contribution in [0.1, 0.15) is 65.6 Å². The molecule has 0 aliphatic carbocycles. The second-order valence-electron chi connectivity index (χ2n) is 17.4. The van der Waals surface area contributed by atoms with E-state index in [0.717, 1.165) is 0 Å². The van der Waals surface area contributed by atoms with Crippen LogP contribution < -0.4 is 20.4 Å². The summed E-state index contributed by atoms with van der Waals surface area (Å²) in [6.45, 7) is 14.5. The van der Waals surface area contributed by atoms with E-state index in [-0.39, 0.29) is 66.9 Å². The van der Waals surface area contributed by atoms with Crippen LogP contribution in [0.15, 0.2) is 62.7 Å². The van der Waals surface area contributed by atoms with Gasteiger partial charge < -0.3 is 58.7 Å². The molecule has 0 spiro atoms. The lowest BCUT2D eigenvalue weighted by Crippen LogP contribution is -2.46. The summed E-state index contributed by atoms with van der Waals surface area (Å²) < 4.78 is 36.1. The number of benzene rings is 3. The van der Waals surface area contributed by atoms with E-state index >= 15 is 0 Å². The van der Waals surface area contributed by atoms with Gasteiger partial charge in [0.15, 0.2) is 28.4 Å². The molecular formula is C47H56N4O14. The second-order valence-corrected chi connectivity index (χ2v) is 17.4. The van der Waals surface area contributed by atoms with Crippen molar-refractivity contribution in [3.05, 3.63) is 74.5 Å². The smallest absolute Gasteiger partial charge is 0.302 e. The predicted octanol–water partition coefficient (Wildman–Crippen LogP) is 6.16. The number of allylic oxidation sites excluding steroid dienone is 2. The maximum absolute atomic E-state index is 14.5. The molecule has 4 heterocycles. The lowest BCUT2D eigenvalue weighted by molar-refractivity contribution is -0.160. The quantitative estimate of drug-likeness (QED) is 0.0505.